The number of hydrogen-bond acceptors (Lipinski definition) is 2. The third-order valence-corrected chi connectivity index (χ3v) is 3.68. The fraction of sp³-hybridized carbons (Fsp3) is 0.211. The molecule has 7 heteroatoms. The van der Waals surface area contributed by atoms with E-state index in [0.29, 0.717) is 17.9 Å². The van der Waals surface area contributed by atoms with E-state index in [9.17, 15) is 18.0 Å². The van der Waals surface area contributed by atoms with Gasteiger partial charge in [0.1, 0.15) is 5.75 Å². The topological polar surface area (TPSA) is 38.3 Å². The Morgan fingerprint density at radius 3 is 2.65 bits per heavy atom. The van der Waals surface area contributed by atoms with E-state index in [-0.39, 0.29) is 10.7 Å². The van der Waals surface area contributed by atoms with Gasteiger partial charge in [-0.05, 0) is 36.8 Å². The van der Waals surface area contributed by atoms with Gasteiger partial charge >= 0.3 is 6.18 Å². The summed E-state index contributed by atoms with van der Waals surface area (Å²) >= 11 is 5.86. The van der Waals surface area contributed by atoms with Gasteiger partial charge in [-0.1, -0.05) is 36.7 Å². The fourth-order valence-electron chi connectivity index (χ4n) is 2.10. The zero-order chi connectivity index (χ0) is 19.2. The minimum atomic E-state index is -4.52. The van der Waals surface area contributed by atoms with Crippen molar-refractivity contribution in [3.05, 3.63) is 64.7 Å². The van der Waals surface area contributed by atoms with Gasteiger partial charge in [0.15, 0.2) is 0 Å². The molecule has 1 N–H and O–H groups in total. The minimum Gasteiger partial charge on any atom is -0.493 e. The first-order chi connectivity index (χ1) is 12.3. The predicted octanol–water partition coefficient (Wildman–Crippen LogP) is 5.80. The largest absolute Gasteiger partial charge is 0.493 e. The van der Waals surface area contributed by atoms with Gasteiger partial charge in [-0.3, -0.25) is 4.79 Å². The molecule has 0 aromatic heterocycles. The molecule has 0 heterocycles. The molecule has 0 atom stereocenters. The third-order valence-electron chi connectivity index (χ3n) is 3.35. The van der Waals surface area contributed by atoms with E-state index in [0.717, 1.165) is 24.6 Å². The number of nitrogens with one attached hydrogen (secondary N) is 1. The molecule has 138 valence electrons. The highest BCUT2D eigenvalue weighted by atomic mass is 35.5. The van der Waals surface area contributed by atoms with Crippen LogP contribution in [0.15, 0.2) is 48.5 Å². The van der Waals surface area contributed by atoms with Crippen molar-refractivity contribution in [1.29, 1.82) is 0 Å². The lowest BCUT2D eigenvalue weighted by atomic mass is 10.1. The first kappa shape index (κ1) is 19.8. The molecule has 0 saturated heterocycles. The zero-order valence-electron chi connectivity index (χ0n) is 13.9. The number of hydrogen-bond donors (Lipinski definition) is 1. The highest BCUT2D eigenvalue weighted by Gasteiger charge is 2.31. The molecule has 2 aromatic carbocycles. The number of halogens is 4. The molecule has 1 amide bonds. The quantitative estimate of drug-likeness (QED) is 0.640. The van der Waals surface area contributed by atoms with Crippen LogP contribution in [0.2, 0.25) is 5.02 Å². The number of alkyl halides is 3. The van der Waals surface area contributed by atoms with Crippen molar-refractivity contribution in [2.45, 2.75) is 19.5 Å². The van der Waals surface area contributed by atoms with Crippen LogP contribution in [-0.4, -0.2) is 12.5 Å². The first-order valence-corrected chi connectivity index (χ1v) is 8.26. The summed E-state index contributed by atoms with van der Waals surface area (Å²) in [6.07, 6.45) is -0.936. The van der Waals surface area contributed by atoms with Crippen molar-refractivity contribution in [3.63, 3.8) is 0 Å². The number of para-hydroxylation sites is 1. The summed E-state index contributed by atoms with van der Waals surface area (Å²) in [7, 11) is 0. The highest BCUT2D eigenvalue weighted by Crippen LogP contribution is 2.33. The Hall–Kier alpha value is -2.47. The van der Waals surface area contributed by atoms with Crippen LogP contribution in [0.1, 0.15) is 24.5 Å². The minimum absolute atomic E-state index is 0.0198. The monoisotopic (exact) mass is 383 g/mol. The number of carbonyl (C=O) groups excluding carboxylic acids is 1. The summed E-state index contributed by atoms with van der Waals surface area (Å²) in [6.45, 7) is 2.52. The molecule has 26 heavy (non-hydrogen) atoms. The average Bonchev–Trinajstić information content (AvgIpc) is 2.59. The second-order valence-electron chi connectivity index (χ2n) is 5.40. The Morgan fingerprint density at radius 1 is 1.23 bits per heavy atom. The summed E-state index contributed by atoms with van der Waals surface area (Å²) in [5.74, 6) is 0.0204. The summed E-state index contributed by atoms with van der Waals surface area (Å²) < 4.78 is 43.9. The molecular weight excluding hydrogens is 367 g/mol. The highest BCUT2D eigenvalue weighted by molar-refractivity contribution is 6.33. The molecule has 0 aliphatic heterocycles. The molecule has 0 bridgehead atoms. The molecular formula is C19H17ClF3NO2. The molecule has 0 fully saturated rings. The van der Waals surface area contributed by atoms with Gasteiger partial charge < -0.3 is 10.1 Å². The molecule has 0 spiro atoms. The molecule has 0 radical (unpaired) electrons. The van der Waals surface area contributed by atoms with Crippen molar-refractivity contribution in [3.8, 4) is 5.75 Å². The van der Waals surface area contributed by atoms with Crippen LogP contribution in [-0.2, 0) is 11.0 Å². The van der Waals surface area contributed by atoms with Crippen LogP contribution in [0.25, 0.3) is 6.08 Å². The van der Waals surface area contributed by atoms with Gasteiger partial charge in [0.25, 0.3) is 0 Å². The van der Waals surface area contributed by atoms with Gasteiger partial charge in [-0.25, -0.2) is 0 Å². The number of benzene rings is 2. The SMILES string of the molecule is CCCOc1ccccc1C=CC(=O)Nc1cc(C(F)(F)F)ccc1Cl. The normalized spacial score (nSPS) is 11.6. The summed E-state index contributed by atoms with van der Waals surface area (Å²) in [5, 5.41) is 2.38. The molecule has 0 aliphatic rings. The Morgan fingerprint density at radius 2 is 1.96 bits per heavy atom. The fourth-order valence-corrected chi connectivity index (χ4v) is 2.26. The molecule has 3 nitrogen and oxygen atoms in total. The van der Waals surface area contributed by atoms with Gasteiger partial charge in [-0.15, -0.1) is 0 Å². The average molecular weight is 384 g/mol. The lowest BCUT2D eigenvalue weighted by molar-refractivity contribution is -0.137. The van der Waals surface area contributed by atoms with Gasteiger partial charge in [-0.2, -0.15) is 13.2 Å². The van der Waals surface area contributed by atoms with Crippen LogP contribution in [0.3, 0.4) is 0 Å². The Kier molecular flexibility index (Phi) is 6.69. The van der Waals surface area contributed by atoms with Crippen LogP contribution in [0, 0.1) is 0 Å². The molecule has 2 aromatic rings. The molecule has 0 saturated carbocycles. The van der Waals surface area contributed by atoms with E-state index in [4.69, 9.17) is 16.3 Å². The van der Waals surface area contributed by atoms with Crippen molar-refractivity contribution in [1.82, 2.24) is 0 Å². The van der Waals surface area contributed by atoms with Crippen LogP contribution in [0.5, 0.6) is 5.75 Å². The van der Waals surface area contributed by atoms with Crippen LogP contribution in [0.4, 0.5) is 18.9 Å². The van der Waals surface area contributed by atoms with Gasteiger partial charge in [0.2, 0.25) is 5.91 Å². The Balaban J connectivity index is 2.13. The first-order valence-electron chi connectivity index (χ1n) is 7.89. The lowest BCUT2D eigenvalue weighted by Crippen LogP contribution is -2.11. The van der Waals surface area contributed by atoms with Gasteiger partial charge in [0, 0.05) is 11.6 Å². The van der Waals surface area contributed by atoms with Crippen molar-refractivity contribution in [2.75, 3.05) is 11.9 Å². The Labute approximate surface area is 154 Å². The smallest absolute Gasteiger partial charge is 0.416 e. The van der Waals surface area contributed by atoms with Crippen LogP contribution >= 0.6 is 11.6 Å². The number of carbonyl (C=O) groups is 1. The van der Waals surface area contributed by atoms with Crippen LogP contribution < -0.4 is 10.1 Å². The maximum Gasteiger partial charge on any atom is 0.416 e. The number of rotatable bonds is 6. The van der Waals surface area contributed by atoms with E-state index < -0.39 is 17.6 Å². The summed E-state index contributed by atoms with van der Waals surface area (Å²) in [5.41, 5.74) is -0.308. The number of ether oxygens (including phenoxy) is 1. The molecule has 0 aliphatic carbocycles. The van der Waals surface area contributed by atoms with E-state index in [1.165, 1.54) is 12.2 Å². The standard InChI is InChI=1S/C19H17ClF3NO2/c1-2-11-26-17-6-4-3-5-13(17)7-10-18(25)24-16-12-14(19(21,22)23)8-9-15(16)20/h3-10,12H,2,11H2,1H3,(H,24,25). The summed E-state index contributed by atoms with van der Waals surface area (Å²) in [4.78, 5) is 12.0. The zero-order valence-corrected chi connectivity index (χ0v) is 14.7. The second kappa shape index (κ2) is 8.76. The number of amides is 1. The second-order valence-corrected chi connectivity index (χ2v) is 5.81. The predicted molar refractivity (Wildman–Crippen MR) is 96.3 cm³/mol. The maximum absolute atomic E-state index is 12.8. The van der Waals surface area contributed by atoms with E-state index >= 15 is 0 Å². The summed E-state index contributed by atoms with van der Waals surface area (Å²) in [6, 6.07) is 9.90. The maximum atomic E-state index is 12.8. The van der Waals surface area contributed by atoms with Crippen molar-refractivity contribution in [2.24, 2.45) is 0 Å². The van der Waals surface area contributed by atoms with E-state index in [2.05, 4.69) is 5.32 Å². The molecule has 2 rings (SSSR count). The van der Waals surface area contributed by atoms with E-state index in [1.807, 2.05) is 13.0 Å². The Bertz CT molecular complexity index is 804. The molecule has 0 unspecified atom stereocenters. The van der Waals surface area contributed by atoms with Crippen molar-refractivity contribution < 1.29 is 22.7 Å². The van der Waals surface area contributed by atoms with E-state index in [1.54, 1.807) is 18.2 Å². The third kappa shape index (κ3) is 5.52. The number of anilines is 1. The lowest BCUT2D eigenvalue weighted by Gasteiger charge is -2.11. The van der Waals surface area contributed by atoms with Gasteiger partial charge in [0.05, 0.1) is 22.9 Å². The van der Waals surface area contributed by atoms with Crippen molar-refractivity contribution >= 4 is 29.3 Å².